The smallest absolute Gasteiger partial charge is 0.253 e. The van der Waals surface area contributed by atoms with Crippen molar-refractivity contribution >= 4 is 12.3 Å². The van der Waals surface area contributed by atoms with E-state index >= 15 is 0 Å². The highest BCUT2D eigenvalue weighted by Crippen LogP contribution is 2.14. The number of nitrogens with one attached hydrogen (secondary N) is 1. The molecule has 0 saturated heterocycles. The first-order chi connectivity index (χ1) is 9.04. The van der Waals surface area contributed by atoms with Crippen LogP contribution in [0.25, 0.3) is 0 Å². The first-order valence-electron chi connectivity index (χ1n) is 6.68. The minimum absolute atomic E-state index is 0.109. The molecule has 1 N–H and O–H groups in total. The van der Waals surface area contributed by atoms with Gasteiger partial charge in [-0.1, -0.05) is 13.8 Å². The van der Waals surface area contributed by atoms with Crippen molar-refractivity contribution in [2.75, 3.05) is 26.2 Å². The van der Waals surface area contributed by atoms with Crippen molar-refractivity contribution in [3.05, 3.63) is 23.0 Å². The van der Waals surface area contributed by atoms with Crippen molar-refractivity contribution in [3.8, 4) is 0 Å². The van der Waals surface area contributed by atoms with Gasteiger partial charge in [0.1, 0.15) is 0 Å². The number of hydrogen-bond acceptors (Lipinski definition) is 3. The van der Waals surface area contributed by atoms with Gasteiger partial charge in [0.15, 0.2) is 0 Å². The fourth-order valence-electron chi connectivity index (χ4n) is 2.19. The van der Waals surface area contributed by atoms with E-state index in [-0.39, 0.29) is 5.91 Å². The Morgan fingerprint density at radius 2 is 2.00 bits per heavy atom. The second-order valence-electron chi connectivity index (χ2n) is 4.57. The fourth-order valence-corrected chi connectivity index (χ4v) is 2.19. The van der Waals surface area contributed by atoms with Crippen LogP contribution in [0.3, 0.4) is 0 Å². The molecule has 0 atom stereocenters. The number of rotatable bonds is 7. The van der Waals surface area contributed by atoms with Crippen molar-refractivity contribution in [3.63, 3.8) is 0 Å². The fraction of sp³-hybridized carbons (Fsp3) is 0.571. The predicted molar refractivity (Wildman–Crippen MR) is 76.2 cm³/mol. The highest BCUT2D eigenvalue weighted by molar-refractivity contribution is 5.97. The molecular weight excluding hydrogens is 242 g/mol. The van der Waals surface area contributed by atoms with Crippen LogP contribution in [0.4, 0.5) is 0 Å². The number of amides is 1. The Hall–Kier alpha value is -1.62. The maximum absolute atomic E-state index is 12.1. The SMILES string of the molecule is CCN(CC)CCNC(=O)c1c(C)cn(C=O)c1C. The van der Waals surface area contributed by atoms with Crippen LogP contribution in [0.5, 0.6) is 0 Å². The van der Waals surface area contributed by atoms with Crippen LogP contribution in [0.2, 0.25) is 0 Å². The second-order valence-corrected chi connectivity index (χ2v) is 4.57. The summed E-state index contributed by atoms with van der Waals surface area (Å²) in [4.78, 5) is 25.2. The molecule has 0 spiro atoms. The van der Waals surface area contributed by atoms with E-state index in [2.05, 4.69) is 24.1 Å². The zero-order chi connectivity index (χ0) is 14.4. The molecule has 5 heteroatoms. The highest BCUT2D eigenvalue weighted by Gasteiger charge is 2.16. The molecule has 19 heavy (non-hydrogen) atoms. The van der Waals surface area contributed by atoms with Crippen LogP contribution in [-0.4, -0.2) is 48.0 Å². The summed E-state index contributed by atoms with van der Waals surface area (Å²) in [6.07, 6.45) is 2.40. The summed E-state index contributed by atoms with van der Waals surface area (Å²) < 4.78 is 1.44. The lowest BCUT2D eigenvalue weighted by Crippen LogP contribution is -2.35. The number of nitrogens with zero attached hydrogens (tertiary/aromatic N) is 2. The summed E-state index contributed by atoms with van der Waals surface area (Å²) in [5.41, 5.74) is 2.12. The zero-order valence-electron chi connectivity index (χ0n) is 12.2. The number of carbonyl (C=O) groups excluding carboxylic acids is 2. The molecule has 0 bridgehead atoms. The first kappa shape index (κ1) is 15.4. The monoisotopic (exact) mass is 265 g/mol. The van der Waals surface area contributed by atoms with Crippen LogP contribution in [0.15, 0.2) is 6.20 Å². The summed E-state index contributed by atoms with van der Waals surface area (Å²) in [5.74, 6) is -0.109. The molecule has 0 unspecified atom stereocenters. The molecule has 0 saturated carbocycles. The van der Waals surface area contributed by atoms with Crippen LogP contribution >= 0.6 is 0 Å². The van der Waals surface area contributed by atoms with Crippen LogP contribution in [0.1, 0.15) is 35.5 Å². The van der Waals surface area contributed by atoms with Crippen molar-refractivity contribution in [2.45, 2.75) is 27.7 Å². The van der Waals surface area contributed by atoms with E-state index in [9.17, 15) is 9.59 Å². The Morgan fingerprint density at radius 1 is 1.37 bits per heavy atom. The summed E-state index contributed by atoms with van der Waals surface area (Å²) in [6.45, 7) is 11.2. The molecule has 0 aliphatic carbocycles. The van der Waals surface area contributed by atoms with E-state index in [1.54, 1.807) is 13.1 Å². The highest BCUT2D eigenvalue weighted by atomic mass is 16.2. The van der Waals surface area contributed by atoms with Crippen molar-refractivity contribution < 1.29 is 9.59 Å². The summed E-state index contributed by atoms with van der Waals surface area (Å²) in [6, 6.07) is 0. The van der Waals surface area contributed by atoms with Gasteiger partial charge < -0.3 is 10.2 Å². The van der Waals surface area contributed by atoms with E-state index in [0.29, 0.717) is 17.8 Å². The number of aromatic nitrogens is 1. The van der Waals surface area contributed by atoms with Gasteiger partial charge in [-0.15, -0.1) is 0 Å². The molecule has 0 fully saturated rings. The molecule has 0 aliphatic heterocycles. The third kappa shape index (κ3) is 3.67. The number of aryl methyl sites for hydroxylation is 1. The quantitative estimate of drug-likeness (QED) is 0.754. The van der Waals surface area contributed by atoms with E-state index in [1.165, 1.54) is 4.57 Å². The van der Waals surface area contributed by atoms with Crippen molar-refractivity contribution in [2.24, 2.45) is 0 Å². The molecule has 0 radical (unpaired) electrons. The van der Waals surface area contributed by atoms with Crippen LogP contribution in [-0.2, 0) is 4.79 Å². The molecule has 0 aliphatic rings. The van der Waals surface area contributed by atoms with Crippen LogP contribution in [0, 0.1) is 13.8 Å². The Bertz CT molecular complexity index is 448. The molecule has 1 heterocycles. The third-order valence-corrected chi connectivity index (χ3v) is 3.42. The number of hydrogen-bond donors (Lipinski definition) is 1. The van der Waals surface area contributed by atoms with Gasteiger partial charge in [-0.05, 0) is 32.5 Å². The minimum Gasteiger partial charge on any atom is -0.351 e. The summed E-state index contributed by atoms with van der Waals surface area (Å²) >= 11 is 0. The lowest BCUT2D eigenvalue weighted by molar-refractivity contribution is 0.0948. The first-order valence-corrected chi connectivity index (χ1v) is 6.68. The van der Waals surface area contributed by atoms with Gasteiger partial charge in [0.05, 0.1) is 5.56 Å². The summed E-state index contributed by atoms with van der Waals surface area (Å²) in [7, 11) is 0. The van der Waals surface area contributed by atoms with Gasteiger partial charge in [-0.25, -0.2) is 0 Å². The number of likely N-dealkylation sites (N-methyl/N-ethyl adjacent to an activating group) is 1. The third-order valence-electron chi connectivity index (χ3n) is 3.42. The van der Waals surface area contributed by atoms with Crippen molar-refractivity contribution in [1.82, 2.24) is 14.8 Å². The topological polar surface area (TPSA) is 54.3 Å². The molecule has 5 nitrogen and oxygen atoms in total. The standard InChI is InChI=1S/C14H23N3O2/c1-5-16(6-2)8-7-15-14(19)13-11(3)9-17(10-18)12(13)4/h9-10H,5-8H2,1-4H3,(H,15,19). The average Bonchev–Trinajstić information content (AvgIpc) is 2.69. The van der Waals surface area contributed by atoms with Gasteiger partial charge in [-0.3, -0.25) is 14.2 Å². The molecule has 1 rings (SSSR count). The van der Waals surface area contributed by atoms with E-state index in [0.717, 1.165) is 31.6 Å². The van der Waals surface area contributed by atoms with Gasteiger partial charge in [0.2, 0.25) is 6.41 Å². The van der Waals surface area contributed by atoms with E-state index in [4.69, 9.17) is 0 Å². The Labute approximate surface area is 114 Å². The van der Waals surface area contributed by atoms with Gasteiger partial charge in [0.25, 0.3) is 5.91 Å². The average molecular weight is 265 g/mol. The van der Waals surface area contributed by atoms with Gasteiger partial charge in [0, 0.05) is 25.0 Å². The van der Waals surface area contributed by atoms with Gasteiger partial charge >= 0.3 is 0 Å². The zero-order valence-corrected chi connectivity index (χ0v) is 12.2. The molecule has 0 aromatic carbocycles. The Balaban J connectivity index is 2.64. The molecule has 1 aromatic heterocycles. The Morgan fingerprint density at radius 3 is 2.47 bits per heavy atom. The number of carbonyl (C=O) groups is 2. The second kappa shape index (κ2) is 7.09. The van der Waals surface area contributed by atoms with Crippen LogP contribution < -0.4 is 5.32 Å². The van der Waals surface area contributed by atoms with E-state index < -0.39 is 0 Å². The van der Waals surface area contributed by atoms with E-state index in [1.807, 2.05) is 6.92 Å². The normalized spacial score (nSPS) is 10.8. The molecule has 1 aromatic rings. The molecular formula is C14H23N3O2. The minimum atomic E-state index is -0.109. The van der Waals surface area contributed by atoms with Gasteiger partial charge in [-0.2, -0.15) is 0 Å². The maximum atomic E-state index is 12.1. The van der Waals surface area contributed by atoms with Crippen molar-refractivity contribution in [1.29, 1.82) is 0 Å². The lowest BCUT2D eigenvalue weighted by atomic mass is 10.1. The molecule has 1 amide bonds. The largest absolute Gasteiger partial charge is 0.351 e. The lowest BCUT2D eigenvalue weighted by Gasteiger charge is -2.18. The maximum Gasteiger partial charge on any atom is 0.253 e. The molecule has 106 valence electrons. The predicted octanol–water partition coefficient (Wildman–Crippen LogP) is 1.21. The Kier molecular flexibility index (Phi) is 5.76. The summed E-state index contributed by atoms with van der Waals surface area (Å²) in [5, 5.41) is 2.91.